The number of hydrogen-bond donors (Lipinski definition) is 3. The van der Waals surface area contributed by atoms with Crippen molar-refractivity contribution in [1.29, 1.82) is 5.26 Å². The molecule has 0 aliphatic carbocycles. The van der Waals surface area contributed by atoms with E-state index >= 15 is 0 Å². The summed E-state index contributed by atoms with van der Waals surface area (Å²) in [6, 6.07) is 4.69. The first-order valence-corrected chi connectivity index (χ1v) is 6.29. The van der Waals surface area contributed by atoms with Gasteiger partial charge in [0, 0.05) is 13.0 Å². The molecule has 18 heavy (non-hydrogen) atoms. The van der Waals surface area contributed by atoms with Crippen LogP contribution in [0.2, 0.25) is 0 Å². The van der Waals surface area contributed by atoms with Gasteiger partial charge in [0.25, 0.3) is 0 Å². The Morgan fingerprint density at radius 2 is 2.11 bits per heavy atom. The quantitative estimate of drug-likeness (QED) is 0.659. The van der Waals surface area contributed by atoms with E-state index in [9.17, 15) is 18.3 Å². The van der Waals surface area contributed by atoms with Crippen LogP contribution in [0.25, 0.3) is 0 Å². The number of carbonyl (C=O) groups is 1. The Morgan fingerprint density at radius 3 is 2.67 bits per heavy atom. The van der Waals surface area contributed by atoms with Gasteiger partial charge in [-0.3, -0.25) is 0 Å². The van der Waals surface area contributed by atoms with Crippen LogP contribution in [0.3, 0.4) is 0 Å². The monoisotopic (exact) mass is 270 g/mol. The van der Waals surface area contributed by atoms with E-state index in [0.29, 0.717) is 0 Å². The molecule has 0 aliphatic heterocycles. The number of rotatable bonds is 5. The lowest BCUT2D eigenvalue weighted by atomic mass is 10.2. The van der Waals surface area contributed by atoms with E-state index in [1.54, 1.807) is 6.07 Å². The molecule has 96 valence electrons. The van der Waals surface area contributed by atoms with Crippen LogP contribution in [0.1, 0.15) is 16.8 Å². The fourth-order valence-electron chi connectivity index (χ4n) is 1.18. The molecular formula is C10H10N2O5S. The van der Waals surface area contributed by atoms with E-state index in [2.05, 4.69) is 4.72 Å². The molecule has 0 spiro atoms. The van der Waals surface area contributed by atoms with Crippen LogP contribution in [-0.4, -0.2) is 31.1 Å². The van der Waals surface area contributed by atoms with Gasteiger partial charge in [-0.15, -0.1) is 0 Å². The summed E-state index contributed by atoms with van der Waals surface area (Å²) in [5.41, 5.74) is -0.502. The number of carboxylic acids is 1. The van der Waals surface area contributed by atoms with Gasteiger partial charge in [-0.2, -0.15) is 5.26 Å². The molecule has 0 fully saturated rings. The summed E-state index contributed by atoms with van der Waals surface area (Å²) >= 11 is 0. The Morgan fingerprint density at radius 1 is 1.44 bits per heavy atom. The van der Waals surface area contributed by atoms with Crippen molar-refractivity contribution >= 4 is 16.0 Å². The normalized spacial score (nSPS) is 10.8. The van der Waals surface area contributed by atoms with Crippen molar-refractivity contribution in [2.24, 2.45) is 0 Å². The number of phenols is 1. The van der Waals surface area contributed by atoms with E-state index in [1.807, 2.05) is 0 Å². The van der Waals surface area contributed by atoms with E-state index in [1.165, 1.54) is 0 Å². The molecule has 0 radical (unpaired) electrons. The minimum absolute atomic E-state index is 0.00308. The van der Waals surface area contributed by atoms with Crippen molar-refractivity contribution in [1.82, 2.24) is 4.72 Å². The van der Waals surface area contributed by atoms with Gasteiger partial charge in [0.15, 0.2) is 0 Å². The van der Waals surface area contributed by atoms with E-state index < -0.39 is 27.3 Å². The molecule has 0 aromatic heterocycles. The average Bonchev–Trinajstić information content (AvgIpc) is 2.29. The Hall–Kier alpha value is -2.11. The third-order valence-electron chi connectivity index (χ3n) is 2.04. The number of aromatic hydroxyl groups is 1. The van der Waals surface area contributed by atoms with Gasteiger partial charge >= 0.3 is 5.97 Å². The Labute approximate surface area is 103 Å². The molecule has 0 heterocycles. The summed E-state index contributed by atoms with van der Waals surface area (Å²) in [6.45, 7) is -0.0673. The second kappa shape index (κ2) is 5.48. The molecule has 0 unspecified atom stereocenters. The van der Waals surface area contributed by atoms with Gasteiger partial charge in [-0.05, 0) is 18.2 Å². The molecule has 0 atom stereocenters. The van der Waals surface area contributed by atoms with Gasteiger partial charge in [-0.1, -0.05) is 0 Å². The maximum absolute atomic E-state index is 11.7. The van der Waals surface area contributed by atoms with E-state index in [0.717, 1.165) is 18.2 Å². The van der Waals surface area contributed by atoms with Crippen LogP contribution in [0, 0.1) is 11.3 Å². The Balaban J connectivity index is 3.07. The molecule has 0 saturated heterocycles. The highest BCUT2D eigenvalue weighted by Gasteiger charge is 2.18. The lowest BCUT2D eigenvalue weighted by molar-refractivity contribution is 0.0693. The maximum atomic E-state index is 11.7. The highest BCUT2D eigenvalue weighted by Crippen LogP contribution is 2.21. The van der Waals surface area contributed by atoms with Crippen molar-refractivity contribution in [2.45, 2.75) is 11.3 Å². The standard InChI is InChI=1S/C10H10N2O5S/c11-4-1-5-12-18(16,17)7-2-3-9(13)8(6-7)10(14)15/h2-3,6,12-13H,1,5H2,(H,14,15). The summed E-state index contributed by atoms with van der Waals surface area (Å²) in [6.07, 6.45) is 0.00308. The minimum atomic E-state index is -3.88. The van der Waals surface area contributed by atoms with Crippen LogP contribution >= 0.6 is 0 Å². The number of aromatic carboxylic acids is 1. The molecule has 3 N–H and O–H groups in total. The van der Waals surface area contributed by atoms with Crippen molar-refractivity contribution in [3.63, 3.8) is 0 Å². The van der Waals surface area contributed by atoms with Crippen molar-refractivity contribution in [2.75, 3.05) is 6.54 Å². The summed E-state index contributed by atoms with van der Waals surface area (Å²) < 4.78 is 25.5. The summed E-state index contributed by atoms with van der Waals surface area (Å²) in [4.78, 5) is 10.5. The summed E-state index contributed by atoms with van der Waals surface area (Å²) in [7, 11) is -3.88. The molecule has 1 rings (SSSR count). The Bertz CT molecular complexity index is 603. The zero-order chi connectivity index (χ0) is 13.8. The average molecular weight is 270 g/mol. The zero-order valence-electron chi connectivity index (χ0n) is 9.12. The molecule has 1 aromatic carbocycles. The first kappa shape index (κ1) is 14.0. The lowest BCUT2D eigenvalue weighted by Gasteiger charge is -2.06. The van der Waals surface area contributed by atoms with E-state index in [4.69, 9.17) is 10.4 Å². The van der Waals surface area contributed by atoms with Crippen LogP contribution in [-0.2, 0) is 10.0 Å². The smallest absolute Gasteiger partial charge is 0.339 e. The minimum Gasteiger partial charge on any atom is -0.507 e. The largest absolute Gasteiger partial charge is 0.507 e. The van der Waals surface area contributed by atoms with Crippen LogP contribution in [0.5, 0.6) is 5.75 Å². The van der Waals surface area contributed by atoms with Gasteiger partial charge in [-0.25, -0.2) is 17.9 Å². The molecular weight excluding hydrogens is 260 g/mol. The second-order valence-electron chi connectivity index (χ2n) is 3.29. The summed E-state index contributed by atoms with van der Waals surface area (Å²) in [5, 5.41) is 26.3. The molecule has 8 heteroatoms. The van der Waals surface area contributed by atoms with Crippen molar-refractivity contribution < 1.29 is 23.4 Å². The first-order valence-electron chi connectivity index (χ1n) is 4.81. The molecule has 0 bridgehead atoms. The SMILES string of the molecule is N#CCCNS(=O)(=O)c1ccc(O)c(C(=O)O)c1. The third kappa shape index (κ3) is 3.19. The molecule has 1 aromatic rings. The molecule has 0 saturated carbocycles. The highest BCUT2D eigenvalue weighted by atomic mass is 32.2. The van der Waals surface area contributed by atoms with Gasteiger partial charge < -0.3 is 10.2 Å². The third-order valence-corrected chi connectivity index (χ3v) is 3.50. The second-order valence-corrected chi connectivity index (χ2v) is 5.06. The Kier molecular flexibility index (Phi) is 4.25. The number of carboxylic acid groups (broad SMARTS) is 1. The lowest BCUT2D eigenvalue weighted by Crippen LogP contribution is -2.24. The predicted octanol–water partition coefficient (Wildman–Crippen LogP) is 0.282. The number of hydrogen-bond acceptors (Lipinski definition) is 5. The highest BCUT2D eigenvalue weighted by molar-refractivity contribution is 7.89. The predicted molar refractivity (Wildman–Crippen MR) is 60.5 cm³/mol. The van der Waals surface area contributed by atoms with Gasteiger partial charge in [0.1, 0.15) is 11.3 Å². The number of nitrogens with one attached hydrogen (secondary N) is 1. The summed E-state index contributed by atoms with van der Waals surface area (Å²) in [5.74, 6) is -1.94. The van der Waals surface area contributed by atoms with Crippen molar-refractivity contribution in [3.05, 3.63) is 23.8 Å². The number of sulfonamides is 1. The zero-order valence-corrected chi connectivity index (χ0v) is 9.94. The fraction of sp³-hybridized carbons (Fsp3) is 0.200. The van der Waals surface area contributed by atoms with Crippen LogP contribution in [0.15, 0.2) is 23.1 Å². The van der Waals surface area contributed by atoms with Gasteiger partial charge in [0.2, 0.25) is 10.0 Å². The maximum Gasteiger partial charge on any atom is 0.339 e. The van der Waals surface area contributed by atoms with Gasteiger partial charge in [0.05, 0.1) is 11.0 Å². The molecule has 0 aliphatic rings. The number of nitrogens with zero attached hydrogens (tertiary/aromatic N) is 1. The van der Waals surface area contributed by atoms with E-state index in [-0.39, 0.29) is 17.9 Å². The fourth-order valence-corrected chi connectivity index (χ4v) is 2.24. The topological polar surface area (TPSA) is 127 Å². The molecule has 7 nitrogen and oxygen atoms in total. The van der Waals surface area contributed by atoms with Crippen LogP contribution < -0.4 is 4.72 Å². The first-order chi connectivity index (χ1) is 8.38. The number of nitriles is 1. The van der Waals surface area contributed by atoms with Crippen molar-refractivity contribution in [3.8, 4) is 11.8 Å². The molecule has 0 amide bonds. The number of benzene rings is 1. The van der Waals surface area contributed by atoms with Crippen LogP contribution in [0.4, 0.5) is 0 Å².